The zero-order valence-electron chi connectivity index (χ0n) is 15.5. The van der Waals surface area contributed by atoms with E-state index in [-0.39, 0.29) is 0 Å². The summed E-state index contributed by atoms with van der Waals surface area (Å²) in [7, 11) is 0. The lowest BCUT2D eigenvalue weighted by molar-refractivity contribution is -0.148. The van der Waals surface area contributed by atoms with Gasteiger partial charge in [0.1, 0.15) is 18.1 Å². The number of nitrogens with one attached hydrogen (secondary N) is 3. The molecule has 3 unspecified atom stereocenters. The number of nitrogens with two attached hydrogens (primary N) is 1. The molecule has 0 radical (unpaired) electrons. The van der Waals surface area contributed by atoms with Gasteiger partial charge >= 0.3 is 23.9 Å². The number of amides is 3. The van der Waals surface area contributed by atoms with Crippen molar-refractivity contribution in [2.24, 2.45) is 5.73 Å². The number of carboxylic acid groups (broad SMARTS) is 4. The Morgan fingerprint density at radius 3 is 1.57 bits per heavy atom. The van der Waals surface area contributed by atoms with Gasteiger partial charge in [0.25, 0.3) is 0 Å². The standard InChI is InChI=1S/C15H22N4O11/c16-5-9(20)17-6(1-2-10(21)22)13(27)18-7(3-11(23)24)14(28)19-8(15(29)30)4-12(25)26/h6-8H,1-5,16H2,(H,17,20)(H,18,27)(H,19,28)(H,21,22)(H,23,24)(H,25,26)(H,29,30). The topological polar surface area (TPSA) is 263 Å². The molecule has 0 aliphatic carbocycles. The normalized spacial score (nSPS) is 13.2. The minimum atomic E-state index is -1.90. The number of carboxylic acids is 4. The van der Waals surface area contributed by atoms with Gasteiger partial charge in [-0.2, -0.15) is 0 Å². The summed E-state index contributed by atoms with van der Waals surface area (Å²) in [6.07, 6.45) is -2.99. The molecule has 9 N–H and O–H groups in total. The Labute approximate surface area is 168 Å². The van der Waals surface area contributed by atoms with Crippen molar-refractivity contribution in [1.82, 2.24) is 16.0 Å². The Balaban J connectivity index is 5.44. The number of hydrogen-bond acceptors (Lipinski definition) is 8. The molecule has 30 heavy (non-hydrogen) atoms. The molecule has 0 fully saturated rings. The lowest BCUT2D eigenvalue weighted by Gasteiger charge is -2.23. The molecule has 0 heterocycles. The Morgan fingerprint density at radius 1 is 0.667 bits per heavy atom. The molecule has 0 aliphatic heterocycles. The van der Waals surface area contributed by atoms with E-state index in [0.29, 0.717) is 0 Å². The van der Waals surface area contributed by atoms with Crippen LogP contribution in [-0.2, 0) is 33.6 Å². The van der Waals surface area contributed by atoms with Gasteiger partial charge in [-0.15, -0.1) is 0 Å². The van der Waals surface area contributed by atoms with Gasteiger partial charge in [0.15, 0.2) is 0 Å². The lowest BCUT2D eigenvalue weighted by atomic mass is 10.1. The first kappa shape index (κ1) is 26.2. The third kappa shape index (κ3) is 10.5. The second-order valence-corrected chi connectivity index (χ2v) is 5.91. The van der Waals surface area contributed by atoms with Crippen LogP contribution < -0.4 is 21.7 Å². The largest absolute Gasteiger partial charge is 0.481 e. The van der Waals surface area contributed by atoms with Crippen LogP contribution in [0.4, 0.5) is 0 Å². The monoisotopic (exact) mass is 434 g/mol. The highest BCUT2D eigenvalue weighted by atomic mass is 16.4. The number of carbonyl (C=O) groups excluding carboxylic acids is 3. The fourth-order valence-electron chi connectivity index (χ4n) is 2.09. The number of carbonyl (C=O) groups is 7. The third-order valence-electron chi connectivity index (χ3n) is 3.49. The van der Waals surface area contributed by atoms with E-state index in [1.807, 2.05) is 5.32 Å². The second-order valence-electron chi connectivity index (χ2n) is 5.91. The maximum Gasteiger partial charge on any atom is 0.326 e. The van der Waals surface area contributed by atoms with Crippen LogP contribution in [0.15, 0.2) is 0 Å². The van der Waals surface area contributed by atoms with E-state index in [0.717, 1.165) is 0 Å². The van der Waals surface area contributed by atoms with Crippen LogP contribution in [0.3, 0.4) is 0 Å². The van der Waals surface area contributed by atoms with Gasteiger partial charge in [-0.3, -0.25) is 28.8 Å². The average molecular weight is 434 g/mol. The quantitative estimate of drug-likeness (QED) is 0.131. The van der Waals surface area contributed by atoms with Crippen LogP contribution in [0, 0.1) is 0 Å². The summed E-state index contributed by atoms with van der Waals surface area (Å²) in [5.41, 5.74) is 5.11. The van der Waals surface area contributed by atoms with Gasteiger partial charge < -0.3 is 42.1 Å². The molecule has 0 rings (SSSR count). The summed E-state index contributed by atoms with van der Waals surface area (Å²) in [6, 6.07) is -5.22. The first-order valence-electron chi connectivity index (χ1n) is 8.35. The molecule has 0 saturated heterocycles. The van der Waals surface area contributed by atoms with Crippen molar-refractivity contribution < 1.29 is 54.0 Å². The molecule has 3 atom stereocenters. The van der Waals surface area contributed by atoms with Gasteiger partial charge in [0.05, 0.1) is 19.4 Å². The lowest BCUT2D eigenvalue weighted by Crippen LogP contribution is -2.56. The smallest absolute Gasteiger partial charge is 0.326 e. The summed E-state index contributed by atoms with van der Waals surface area (Å²) in [6.45, 7) is -0.536. The van der Waals surface area contributed by atoms with Gasteiger partial charge in [-0.25, -0.2) is 4.79 Å². The molecule has 0 bridgehead atoms. The number of rotatable bonds is 14. The third-order valence-corrected chi connectivity index (χ3v) is 3.49. The predicted molar refractivity (Wildman–Crippen MR) is 93.9 cm³/mol. The molecular formula is C15H22N4O11. The van der Waals surface area contributed by atoms with Crippen molar-refractivity contribution >= 4 is 41.6 Å². The molecule has 0 aliphatic rings. The molecule has 15 nitrogen and oxygen atoms in total. The molecule has 0 saturated carbocycles. The van der Waals surface area contributed by atoms with Crippen LogP contribution in [0.25, 0.3) is 0 Å². The SMILES string of the molecule is NCC(=O)NC(CCC(=O)O)C(=O)NC(CC(=O)O)C(=O)NC(CC(=O)O)C(=O)O. The number of hydrogen-bond donors (Lipinski definition) is 8. The predicted octanol–water partition coefficient (Wildman–Crippen LogP) is -3.70. The van der Waals surface area contributed by atoms with Crippen molar-refractivity contribution in [3.8, 4) is 0 Å². The van der Waals surface area contributed by atoms with Crippen LogP contribution in [0.1, 0.15) is 25.7 Å². The molecule has 0 spiro atoms. The van der Waals surface area contributed by atoms with E-state index in [9.17, 15) is 33.6 Å². The van der Waals surface area contributed by atoms with Gasteiger partial charge in [-0.05, 0) is 6.42 Å². The minimum Gasteiger partial charge on any atom is -0.481 e. The first-order chi connectivity index (χ1) is 13.9. The Morgan fingerprint density at radius 2 is 1.13 bits per heavy atom. The van der Waals surface area contributed by atoms with Crippen molar-refractivity contribution in [3.63, 3.8) is 0 Å². The summed E-state index contributed by atoms with van der Waals surface area (Å²) in [5.74, 6) is -9.38. The fraction of sp³-hybridized carbons (Fsp3) is 0.533. The first-order valence-corrected chi connectivity index (χ1v) is 8.35. The highest BCUT2D eigenvalue weighted by Crippen LogP contribution is 2.03. The van der Waals surface area contributed by atoms with Gasteiger partial charge in [-0.1, -0.05) is 0 Å². The van der Waals surface area contributed by atoms with Crippen molar-refractivity contribution in [3.05, 3.63) is 0 Å². The molecule has 0 aromatic carbocycles. The summed E-state index contributed by atoms with van der Waals surface area (Å²) >= 11 is 0. The summed E-state index contributed by atoms with van der Waals surface area (Å²) < 4.78 is 0. The molecule has 15 heteroatoms. The fourth-order valence-corrected chi connectivity index (χ4v) is 2.09. The molecule has 0 aromatic rings. The van der Waals surface area contributed by atoms with Crippen molar-refractivity contribution in [2.45, 2.75) is 43.8 Å². The van der Waals surface area contributed by atoms with Crippen LogP contribution in [0.5, 0.6) is 0 Å². The molecular weight excluding hydrogens is 412 g/mol. The molecule has 3 amide bonds. The van der Waals surface area contributed by atoms with Crippen molar-refractivity contribution in [2.75, 3.05) is 6.54 Å². The average Bonchev–Trinajstić information content (AvgIpc) is 2.62. The van der Waals surface area contributed by atoms with E-state index in [2.05, 4.69) is 5.32 Å². The Kier molecular flexibility index (Phi) is 11.1. The Hall–Kier alpha value is -3.75. The van der Waals surface area contributed by atoms with Crippen LogP contribution in [-0.4, -0.2) is 86.7 Å². The van der Waals surface area contributed by atoms with Crippen LogP contribution in [0.2, 0.25) is 0 Å². The van der Waals surface area contributed by atoms with Crippen LogP contribution >= 0.6 is 0 Å². The summed E-state index contributed by atoms with van der Waals surface area (Å²) in [4.78, 5) is 79.5. The molecule has 0 aromatic heterocycles. The maximum absolute atomic E-state index is 12.4. The van der Waals surface area contributed by atoms with E-state index in [4.69, 9.17) is 26.2 Å². The zero-order chi connectivity index (χ0) is 23.4. The minimum absolute atomic E-state index is 0.412. The number of aliphatic carboxylic acids is 4. The van der Waals surface area contributed by atoms with E-state index < -0.39 is 92.0 Å². The Bertz CT molecular complexity index is 709. The van der Waals surface area contributed by atoms with Gasteiger partial charge in [0.2, 0.25) is 17.7 Å². The maximum atomic E-state index is 12.4. The highest BCUT2D eigenvalue weighted by molar-refractivity contribution is 5.95. The highest BCUT2D eigenvalue weighted by Gasteiger charge is 2.31. The van der Waals surface area contributed by atoms with E-state index in [1.165, 1.54) is 0 Å². The van der Waals surface area contributed by atoms with Crippen molar-refractivity contribution in [1.29, 1.82) is 0 Å². The molecule has 168 valence electrons. The van der Waals surface area contributed by atoms with E-state index >= 15 is 0 Å². The second kappa shape index (κ2) is 12.7. The van der Waals surface area contributed by atoms with E-state index in [1.54, 1.807) is 5.32 Å². The van der Waals surface area contributed by atoms with Gasteiger partial charge in [0, 0.05) is 6.42 Å². The summed E-state index contributed by atoms with van der Waals surface area (Å²) in [5, 5.41) is 41.2. The zero-order valence-corrected chi connectivity index (χ0v) is 15.5.